The van der Waals surface area contributed by atoms with Crippen molar-refractivity contribution in [1.82, 2.24) is 10.3 Å². The van der Waals surface area contributed by atoms with Gasteiger partial charge in [-0.05, 0) is 47.4 Å². The van der Waals surface area contributed by atoms with E-state index >= 15 is 0 Å². The normalized spacial score (nSPS) is 13.7. The highest BCUT2D eigenvalue weighted by Crippen LogP contribution is 2.43. The SMILES string of the molecule is CCc1c(-c2ccc(N3CCNCC3)cc2)cncc1-c1cc(OC)c(OC)c(OC)c1. The van der Waals surface area contributed by atoms with E-state index in [4.69, 9.17) is 14.2 Å². The second kappa shape index (κ2) is 9.92. The quantitative estimate of drug-likeness (QED) is 0.596. The van der Waals surface area contributed by atoms with Gasteiger partial charge in [0.1, 0.15) is 0 Å². The van der Waals surface area contributed by atoms with Crippen molar-refractivity contribution >= 4 is 5.69 Å². The van der Waals surface area contributed by atoms with Gasteiger partial charge < -0.3 is 24.4 Å². The van der Waals surface area contributed by atoms with Crippen LogP contribution in [-0.2, 0) is 6.42 Å². The molecule has 0 aliphatic carbocycles. The van der Waals surface area contributed by atoms with E-state index in [1.165, 1.54) is 16.8 Å². The fraction of sp³-hybridized carbons (Fsp3) is 0.346. The number of nitrogens with zero attached hydrogens (tertiary/aromatic N) is 2. The van der Waals surface area contributed by atoms with Crippen LogP contribution >= 0.6 is 0 Å². The number of rotatable bonds is 7. The Morgan fingerprint density at radius 1 is 0.844 bits per heavy atom. The van der Waals surface area contributed by atoms with E-state index in [-0.39, 0.29) is 0 Å². The summed E-state index contributed by atoms with van der Waals surface area (Å²) in [7, 11) is 4.89. The van der Waals surface area contributed by atoms with Crippen molar-refractivity contribution in [1.29, 1.82) is 0 Å². The van der Waals surface area contributed by atoms with Gasteiger partial charge in [-0.25, -0.2) is 0 Å². The maximum atomic E-state index is 5.57. The lowest BCUT2D eigenvalue weighted by molar-refractivity contribution is 0.324. The third kappa shape index (κ3) is 4.23. The van der Waals surface area contributed by atoms with Gasteiger partial charge in [0.25, 0.3) is 0 Å². The average molecular weight is 434 g/mol. The number of hydrogen-bond donors (Lipinski definition) is 1. The molecule has 1 aromatic heterocycles. The zero-order valence-electron chi connectivity index (χ0n) is 19.3. The monoisotopic (exact) mass is 433 g/mol. The second-order valence-corrected chi connectivity index (χ2v) is 7.76. The van der Waals surface area contributed by atoms with E-state index in [0.29, 0.717) is 17.2 Å². The molecule has 0 saturated carbocycles. The molecule has 6 heteroatoms. The molecule has 0 atom stereocenters. The Morgan fingerprint density at radius 3 is 1.97 bits per heavy atom. The van der Waals surface area contributed by atoms with Gasteiger partial charge in [-0.2, -0.15) is 0 Å². The molecular formula is C26H31N3O3. The lowest BCUT2D eigenvalue weighted by Gasteiger charge is -2.29. The zero-order chi connectivity index (χ0) is 22.5. The topological polar surface area (TPSA) is 55.9 Å². The molecule has 1 aliphatic rings. The molecule has 2 heterocycles. The molecule has 0 bridgehead atoms. The van der Waals surface area contributed by atoms with Gasteiger partial charge in [-0.3, -0.25) is 4.98 Å². The van der Waals surface area contributed by atoms with Crippen LogP contribution in [0.25, 0.3) is 22.3 Å². The summed E-state index contributed by atoms with van der Waals surface area (Å²) in [5.41, 5.74) is 6.87. The summed E-state index contributed by atoms with van der Waals surface area (Å²) in [6.07, 6.45) is 4.75. The van der Waals surface area contributed by atoms with E-state index < -0.39 is 0 Å². The van der Waals surface area contributed by atoms with Gasteiger partial charge in [0.2, 0.25) is 5.75 Å². The molecule has 4 rings (SSSR count). The van der Waals surface area contributed by atoms with Crippen molar-refractivity contribution < 1.29 is 14.2 Å². The first-order valence-corrected chi connectivity index (χ1v) is 11.0. The number of hydrogen-bond acceptors (Lipinski definition) is 6. The molecule has 2 aromatic carbocycles. The highest BCUT2D eigenvalue weighted by molar-refractivity contribution is 5.80. The summed E-state index contributed by atoms with van der Waals surface area (Å²) in [6.45, 7) is 6.32. The predicted octanol–water partition coefficient (Wildman–Crippen LogP) is 4.41. The largest absolute Gasteiger partial charge is 0.493 e. The summed E-state index contributed by atoms with van der Waals surface area (Å²) < 4.78 is 16.6. The van der Waals surface area contributed by atoms with Crippen LogP contribution in [0, 0.1) is 0 Å². The van der Waals surface area contributed by atoms with Crippen LogP contribution in [0.2, 0.25) is 0 Å². The number of aromatic nitrogens is 1. The van der Waals surface area contributed by atoms with Gasteiger partial charge in [-0.15, -0.1) is 0 Å². The Bertz CT molecular complexity index is 1040. The van der Waals surface area contributed by atoms with Crippen LogP contribution in [0.4, 0.5) is 5.69 Å². The minimum absolute atomic E-state index is 0.587. The summed E-state index contributed by atoms with van der Waals surface area (Å²) in [5, 5.41) is 3.41. The van der Waals surface area contributed by atoms with Crippen molar-refractivity contribution in [2.75, 3.05) is 52.4 Å². The molecule has 168 valence electrons. The van der Waals surface area contributed by atoms with Crippen molar-refractivity contribution in [3.63, 3.8) is 0 Å². The second-order valence-electron chi connectivity index (χ2n) is 7.76. The minimum Gasteiger partial charge on any atom is -0.493 e. The van der Waals surface area contributed by atoms with E-state index in [2.05, 4.69) is 46.4 Å². The van der Waals surface area contributed by atoms with Crippen LogP contribution < -0.4 is 24.4 Å². The number of methoxy groups -OCH3 is 3. The number of piperazine rings is 1. The number of pyridine rings is 1. The maximum absolute atomic E-state index is 5.57. The zero-order valence-corrected chi connectivity index (χ0v) is 19.3. The summed E-state index contributed by atoms with van der Waals surface area (Å²) in [5.74, 6) is 1.86. The first-order chi connectivity index (χ1) is 15.7. The molecule has 1 aliphatic heterocycles. The van der Waals surface area contributed by atoms with Crippen molar-refractivity contribution in [2.45, 2.75) is 13.3 Å². The molecule has 0 spiro atoms. The van der Waals surface area contributed by atoms with Crippen molar-refractivity contribution in [2.24, 2.45) is 0 Å². The number of nitrogens with one attached hydrogen (secondary N) is 1. The standard InChI is InChI=1S/C26H31N3O3/c1-5-21-22(18-6-8-20(9-7-18)29-12-10-27-11-13-29)16-28-17-23(21)19-14-24(30-2)26(32-4)25(15-19)31-3/h6-9,14-17,27H,5,10-13H2,1-4H3. The van der Waals surface area contributed by atoms with Gasteiger partial charge in [0.15, 0.2) is 11.5 Å². The molecule has 0 amide bonds. The highest BCUT2D eigenvalue weighted by Gasteiger charge is 2.18. The van der Waals surface area contributed by atoms with Crippen LogP contribution in [0.15, 0.2) is 48.8 Å². The molecule has 0 radical (unpaired) electrons. The van der Waals surface area contributed by atoms with Crippen LogP contribution in [0.5, 0.6) is 17.2 Å². The number of anilines is 1. The third-order valence-corrected chi connectivity index (χ3v) is 6.05. The Labute approximate surface area is 190 Å². The van der Waals surface area contributed by atoms with E-state index in [0.717, 1.165) is 49.3 Å². The molecule has 1 N–H and O–H groups in total. The van der Waals surface area contributed by atoms with E-state index in [1.807, 2.05) is 24.5 Å². The molecule has 32 heavy (non-hydrogen) atoms. The van der Waals surface area contributed by atoms with Gasteiger partial charge in [0.05, 0.1) is 21.3 Å². The minimum atomic E-state index is 0.587. The summed E-state index contributed by atoms with van der Waals surface area (Å²) >= 11 is 0. The molecule has 3 aromatic rings. The third-order valence-electron chi connectivity index (χ3n) is 6.05. The van der Waals surface area contributed by atoms with Crippen LogP contribution in [-0.4, -0.2) is 52.5 Å². The summed E-state index contributed by atoms with van der Waals surface area (Å²) in [4.78, 5) is 7.00. The fourth-order valence-corrected chi connectivity index (χ4v) is 4.38. The first-order valence-electron chi connectivity index (χ1n) is 11.0. The molecule has 6 nitrogen and oxygen atoms in total. The van der Waals surface area contributed by atoms with Gasteiger partial charge >= 0.3 is 0 Å². The van der Waals surface area contributed by atoms with Crippen LogP contribution in [0.1, 0.15) is 12.5 Å². The maximum Gasteiger partial charge on any atom is 0.203 e. The first kappa shape index (κ1) is 22.0. The number of ether oxygens (including phenoxy) is 3. The van der Waals surface area contributed by atoms with Crippen LogP contribution in [0.3, 0.4) is 0 Å². The summed E-state index contributed by atoms with van der Waals surface area (Å²) in [6, 6.07) is 12.8. The van der Waals surface area contributed by atoms with Gasteiger partial charge in [0, 0.05) is 55.4 Å². The Hall–Kier alpha value is -3.25. The van der Waals surface area contributed by atoms with Gasteiger partial charge in [-0.1, -0.05) is 19.1 Å². The molecular weight excluding hydrogens is 402 g/mol. The average Bonchev–Trinajstić information content (AvgIpc) is 2.87. The van der Waals surface area contributed by atoms with Crippen molar-refractivity contribution in [3.8, 4) is 39.5 Å². The Kier molecular flexibility index (Phi) is 6.81. The Morgan fingerprint density at radius 2 is 1.44 bits per heavy atom. The van der Waals surface area contributed by atoms with E-state index in [9.17, 15) is 0 Å². The number of benzene rings is 2. The predicted molar refractivity (Wildman–Crippen MR) is 129 cm³/mol. The molecule has 1 saturated heterocycles. The molecule has 0 unspecified atom stereocenters. The lowest BCUT2D eigenvalue weighted by atomic mass is 9.92. The Balaban J connectivity index is 1.74. The smallest absolute Gasteiger partial charge is 0.203 e. The fourth-order valence-electron chi connectivity index (χ4n) is 4.38. The van der Waals surface area contributed by atoms with E-state index in [1.54, 1.807) is 21.3 Å². The highest BCUT2D eigenvalue weighted by atomic mass is 16.5. The molecule has 1 fully saturated rings. The van der Waals surface area contributed by atoms with Crippen molar-refractivity contribution in [3.05, 3.63) is 54.4 Å². The lowest BCUT2D eigenvalue weighted by Crippen LogP contribution is -2.43.